The molecule has 0 radical (unpaired) electrons. The molecular formula is C25H43N3O2. The molecule has 4 N–H and O–H groups in total. The van der Waals surface area contributed by atoms with Crippen LogP contribution in [-0.4, -0.2) is 31.1 Å². The number of rotatable bonds is 6. The van der Waals surface area contributed by atoms with Crippen molar-refractivity contribution in [3.63, 3.8) is 0 Å². The van der Waals surface area contributed by atoms with E-state index in [4.69, 9.17) is 16.3 Å². The van der Waals surface area contributed by atoms with Gasteiger partial charge in [-0.2, -0.15) is 0 Å². The average molecular weight is 418 g/mol. The molecule has 4 saturated carbocycles. The van der Waals surface area contributed by atoms with Crippen LogP contribution in [0.2, 0.25) is 0 Å². The molecule has 5 heteroatoms. The predicted octanol–water partition coefficient (Wildman–Crippen LogP) is 4.23. The molecule has 4 aliphatic carbocycles. The molecule has 30 heavy (non-hydrogen) atoms. The Balaban J connectivity index is 1.54. The zero-order chi connectivity index (χ0) is 21.5. The van der Waals surface area contributed by atoms with Crippen LogP contribution in [0.25, 0.3) is 0 Å². The molecule has 0 bridgehead atoms. The van der Waals surface area contributed by atoms with Gasteiger partial charge in [-0.1, -0.05) is 19.8 Å². The highest BCUT2D eigenvalue weighted by Gasteiger charge is 2.61. The minimum Gasteiger partial charge on any atom is -0.403 e. The number of hydrogen-bond donors (Lipinski definition) is 2. The van der Waals surface area contributed by atoms with Crippen molar-refractivity contribution in [1.29, 1.82) is 0 Å². The van der Waals surface area contributed by atoms with Gasteiger partial charge in [0.15, 0.2) is 5.78 Å². The number of hydrogen-bond acceptors (Lipinski definition) is 5. The first-order valence-corrected chi connectivity index (χ1v) is 12.3. The molecule has 0 saturated heterocycles. The fourth-order valence-electron chi connectivity index (χ4n) is 8.65. The van der Waals surface area contributed by atoms with E-state index in [0.717, 1.165) is 36.5 Å². The van der Waals surface area contributed by atoms with Gasteiger partial charge in [-0.3, -0.25) is 4.79 Å². The molecule has 7 atom stereocenters. The molecule has 4 rings (SSSR count). The number of Topliss-reactive ketones (excluding diaryl/α,β-unsaturated/α-hetero) is 1. The number of allylic oxidation sites excluding steroid dienone is 1. The summed E-state index contributed by atoms with van der Waals surface area (Å²) < 4.78 is 5.87. The van der Waals surface area contributed by atoms with Gasteiger partial charge in [0.1, 0.15) is 0 Å². The summed E-state index contributed by atoms with van der Waals surface area (Å²) in [4.78, 5) is 13.3. The second-order valence-electron chi connectivity index (χ2n) is 11.1. The second-order valence-corrected chi connectivity index (χ2v) is 11.1. The highest BCUT2D eigenvalue weighted by Crippen LogP contribution is 2.67. The molecule has 0 aromatic carbocycles. The van der Waals surface area contributed by atoms with Crippen molar-refractivity contribution in [3.8, 4) is 0 Å². The number of carbonyl (C=O) groups is 1. The van der Waals surface area contributed by atoms with Gasteiger partial charge in [0.2, 0.25) is 0 Å². The van der Waals surface area contributed by atoms with E-state index in [9.17, 15) is 4.79 Å². The molecule has 0 aromatic rings. The van der Waals surface area contributed by atoms with Crippen molar-refractivity contribution in [2.45, 2.75) is 78.1 Å². The SMILES string of the molecule is COCC12CCCCC1CCC1C3CCC(C(=O)CN(N)/C(C)=C\N)C3(C)CCC12. The molecule has 4 fully saturated rings. The van der Waals surface area contributed by atoms with Gasteiger partial charge in [0, 0.05) is 24.9 Å². The number of hydrazine groups is 1. The van der Waals surface area contributed by atoms with Crippen molar-refractivity contribution in [1.82, 2.24) is 5.01 Å². The van der Waals surface area contributed by atoms with E-state index in [0.29, 0.717) is 17.1 Å². The monoisotopic (exact) mass is 417 g/mol. The van der Waals surface area contributed by atoms with Crippen LogP contribution < -0.4 is 11.6 Å². The number of ether oxygens (including phenoxy) is 1. The maximum atomic E-state index is 13.3. The third kappa shape index (κ3) is 3.40. The van der Waals surface area contributed by atoms with Crippen molar-refractivity contribution >= 4 is 5.78 Å². The van der Waals surface area contributed by atoms with Gasteiger partial charge in [0.05, 0.1) is 13.2 Å². The van der Waals surface area contributed by atoms with E-state index in [1.165, 1.54) is 69.0 Å². The third-order valence-electron chi connectivity index (χ3n) is 10.1. The second kappa shape index (κ2) is 8.46. The van der Waals surface area contributed by atoms with Crippen LogP contribution in [0.15, 0.2) is 11.9 Å². The van der Waals surface area contributed by atoms with Crippen LogP contribution in [-0.2, 0) is 9.53 Å². The Bertz CT molecular complexity index is 675. The number of ketones is 1. The maximum Gasteiger partial charge on any atom is 0.157 e. The van der Waals surface area contributed by atoms with Crippen molar-refractivity contribution in [3.05, 3.63) is 11.9 Å². The molecule has 170 valence electrons. The Labute approximate surface area is 182 Å². The minimum absolute atomic E-state index is 0.134. The summed E-state index contributed by atoms with van der Waals surface area (Å²) in [5, 5.41) is 1.52. The number of carbonyl (C=O) groups excluding carboxylic acids is 1. The van der Waals surface area contributed by atoms with Crippen molar-refractivity contribution < 1.29 is 9.53 Å². The first kappa shape index (κ1) is 22.1. The number of methoxy groups -OCH3 is 1. The molecule has 7 unspecified atom stereocenters. The fourth-order valence-corrected chi connectivity index (χ4v) is 8.65. The van der Waals surface area contributed by atoms with Gasteiger partial charge in [-0.15, -0.1) is 0 Å². The predicted molar refractivity (Wildman–Crippen MR) is 120 cm³/mol. The quantitative estimate of drug-likeness (QED) is 0.499. The standard InChI is InChI=1S/C25H43N3O2/c1-17(14-26)28(27)15-23(29)22-10-9-20-19-8-7-18-6-4-5-12-25(18,16-30-3)21(19)11-13-24(20,22)2/h14,18-22H,4-13,15-16,26-27H2,1-3H3/b17-14-. The van der Waals surface area contributed by atoms with Gasteiger partial charge in [0.25, 0.3) is 0 Å². The fraction of sp³-hybridized carbons (Fsp3) is 0.880. The highest BCUT2D eigenvalue weighted by atomic mass is 16.5. The Morgan fingerprint density at radius 1 is 1.10 bits per heavy atom. The highest BCUT2D eigenvalue weighted by molar-refractivity contribution is 5.84. The van der Waals surface area contributed by atoms with Gasteiger partial charge >= 0.3 is 0 Å². The van der Waals surface area contributed by atoms with Gasteiger partial charge < -0.3 is 15.5 Å². The first-order chi connectivity index (χ1) is 14.4. The molecule has 4 aliphatic rings. The normalized spacial score (nSPS) is 43.5. The molecule has 0 spiro atoms. The van der Waals surface area contributed by atoms with Crippen LogP contribution in [0.1, 0.15) is 78.1 Å². The Hall–Kier alpha value is -1.07. The summed E-state index contributed by atoms with van der Waals surface area (Å²) in [5.41, 5.74) is 6.88. The molecule has 0 heterocycles. The molecular weight excluding hydrogens is 374 g/mol. The number of fused-ring (bicyclic) bond motifs is 5. The van der Waals surface area contributed by atoms with Gasteiger partial charge in [-0.05, 0) is 92.8 Å². The summed E-state index contributed by atoms with van der Waals surface area (Å²) in [6, 6.07) is 0. The van der Waals surface area contributed by atoms with Crippen LogP contribution in [0.5, 0.6) is 0 Å². The van der Waals surface area contributed by atoms with E-state index in [2.05, 4.69) is 6.92 Å². The smallest absolute Gasteiger partial charge is 0.157 e. The maximum absolute atomic E-state index is 13.3. The van der Waals surface area contributed by atoms with Crippen LogP contribution in [0, 0.1) is 40.4 Å². The van der Waals surface area contributed by atoms with Crippen molar-refractivity contribution in [2.24, 2.45) is 52.0 Å². The minimum atomic E-state index is 0.134. The lowest BCUT2D eigenvalue weighted by molar-refractivity contribution is -0.150. The van der Waals surface area contributed by atoms with E-state index in [1.807, 2.05) is 14.0 Å². The third-order valence-corrected chi connectivity index (χ3v) is 10.1. The zero-order valence-corrected chi connectivity index (χ0v) is 19.4. The zero-order valence-electron chi connectivity index (χ0n) is 19.4. The molecule has 5 nitrogen and oxygen atoms in total. The van der Waals surface area contributed by atoms with E-state index in [1.54, 1.807) is 0 Å². The number of nitrogens with zero attached hydrogens (tertiary/aromatic N) is 1. The Morgan fingerprint density at radius 3 is 2.63 bits per heavy atom. The summed E-state index contributed by atoms with van der Waals surface area (Å²) in [5.74, 6) is 9.63. The first-order valence-electron chi connectivity index (χ1n) is 12.3. The van der Waals surface area contributed by atoms with Crippen LogP contribution in [0.4, 0.5) is 0 Å². The Kier molecular flexibility index (Phi) is 6.24. The number of nitrogens with two attached hydrogens (primary N) is 2. The lowest BCUT2D eigenvalue weighted by atomic mass is 9.44. The Morgan fingerprint density at radius 2 is 1.90 bits per heavy atom. The summed E-state index contributed by atoms with van der Waals surface area (Å²) in [7, 11) is 1.90. The van der Waals surface area contributed by atoms with E-state index in [-0.39, 0.29) is 17.9 Å². The molecule has 0 aliphatic heterocycles. The summed E-state index contributed by atoms with van der Waals surface area (Å²) >= 11 is 0. The topological polar surface area (TPSA) is 81.6 Å². The lowest BCUT2D eigenvalue weighted by Gasteiger charge is -2.61. The summed E-state index contributed by atoms with van der Waals surface area (Å²) in [6.07, 6.45) is 14.4. The average Bonchev–Trinajstić information content (AvgIpc) is 3.10. The van der Waals surface area contributed by atoms with Crippen LogP contribution >= 0.6 is 0 Å². The van der Waals surface area contributed by atoms with Gasteiger partial charge in [-0.25, -0.2) is 5.84 Å². The van der Waals surface area contributed by atoms with E-state index >= 15 is 0 Å². The lowest BCUT2D eigenvalue weighted by Crippen LogP contribution is -2.56. The van der Waals surface area contributed by atoms with Crippen molar-refractivity contribution in [2.75, 3.05) is 20.3 Å². The van der Waals surface area contributed by atoms with E-state index < -0.39 is 0 Å². The summed E-state index contributed by atoms with van der Waals surface area (Å²) in [6.45, 7) is 5.50. The largest absolute Gasteiger partial charge is 0.403 e. The molecule has 0 amide bonds. The van der Waals surface area contributed by atoms with Crippen LogP contribution in [0.3, 0.4) is 0 Å². The molecule has 0 aromatic heterocycles.